The van der Waals surface area contributed by atoms with Gasteiger partial charge in [0.2, 0.25) is 10.0 Å². The number of benzene rings is 3. The van der Waals surface area contributed by atoms with E-state index in [4.69, 9.17) is 4.74 Å². The Morgan fingerprint density at radius 3 is 2.27 bits per heavy atom. The number of halogens is 2. The highest BCUT2D eigenvalue weighted by molar-refractivity contribution is 7.89. The molecule has 12 nitrogen and oxygen atoms in total. The maximum Gasteiger partial charge on any atom is 0.411 e. The number of nitro groups is 1. The number of carbonyl (C=O) groups excluding carboxylic acids is 2. The van der Waals surface area contributed by atoms with Crippen LogP contribution in [-0.2, 0) is 20.4 Å². The topological polar surface area (TPSA) is 142 Å². The minimum absolute atomic E-state index is 0.0502. The zero-order valence-electron chi connectivity index (χ0n) is 23.8. The van der Waals surface area contributed by atoms with Crippen LogP contribution < -0.4 is 5.32 Å². The Hall–Kier alpha value is -4.63. The molecular formula is C30H29F2N5O7S. The van der Waals surface area contributed by atoms with E-state index in [2.05, 4.69) is 5.32 Å². The Morgan fingerprint density at radius 2 is 1.67 bits per heavy atom. The number of ether oxygens (including phenoxy) is 1. The molecule has 3 aromatic carbocycles. The standard InChI is InChI=1S/C30H29F2N5O7S/c31-22-7-3-5-20(17-22)30(21-6-4-8-23(32)18-21)27-19-34(15-16-35(27)29(39)44-30)28(38)33-13-14-36(24-11-12-24)45(42,43)26-10-2-1-9-25(26)37(40)41/h1-10,17-18,24,27H,11-16,19H2,(H,33,38). The predicted octanol–water partition coefficient (Wildman–Crippen LogP) is 3.82. The molecule has 3 aromatic rings. The van der Waals surface area contributed by atoms with Crippen LogP contribution in [0.1, 0.15) is 24.0 Å². The first kappa shape index (κ1) is 30.4. The zero-order chi connectivity index (χ0) is 31.9. The molecule has 0 aromatic heterocycles. The number of sulfonamides is 1. The van der Waals surface area contributed by atoms with Gasteiger partial charge in [0, 0.05) is 56.0 Å². The second-order valence-electron chi connectivity index (χ2n) is 11.1. The summed E-state index contributed by atoms with van der Waals surface area (Å²) in [5, 5.41) is 14.2. The first-order valence-electron chi connectivity index (χ1n) is 14.3. The summed E-state index contributed by atoms with van der Waals surface area (Å²) in [4.78, 5) is 39.7. The van der Waals surface area contributed by atoms with Gasteiger partial charge in [-0.05, 0) is 43.2 Å². The number of urea groups is 1. The van der Waals surface area contributed by atoms with E-state index in [0.29, 0.717) is 12.8 Å². The molecule has 1 aliphatic carbocycles. The Balaban J connectivity index is 1.21. The summed E-state index contributed by atoms with van der Waals surface area (Å²) < 4.78 is 62.9. The Morgan fingerprint density at radius 1 is 1.02 bits per heavy atom. The van der Waals surface area contributed by atoms with Gasteiger partial charge in [-0.1, -0.05) is 36.4 Å². The fourth-order valence-electron chi connectivity index (χ4n) is 6.11. The molecule has 3 fully saturated rings. The van der Waals surface area contributed by atoms with E-state index in [0.717, 1.165) is 6.07 Å². The van der Waals surface area contributed by atoms with Gasteiger partial charge in [0.25, 0.3) is 5.69 Å². The molecule has 2 heterocycles. The summed E-state index contributed by atoms with van der Waals surface area (Å²) in [5.74, 6) is -1.17. The van der Waals surface area contributed by atoms with Crippen molar-refractivity contribution in [3.8, 4) is 0 Å². The first-order chi connectivity index (χ1) is 21.5. The van der Waals surface area contributed by atoms with Crippen LogP contribution in [0.3, 0.4) is 0 Å². The van der Waals surface area contributed by atoms with E-state index >= 15 is 0 Å². The number of amides is 3. The largest absolute Gasteiger partial charge is 0.431 e. The quantitative estimate of drug-likeness (QED) is 0.277. The molecule has 1 saturated carbocycles. The number of rotatable bonds is 9. The van der Waals surface area contributed by atoms with Crippen LogP contribution in [0.5, 0.6) is 0 Å². The summed E-state index contributed by atoms with van der Waals surface area (Å²) in [6, 6.07) is 14.4. The van der Waals surface area contributed by atoms with Crippen molar-refractivity contribution in [2.24, 2.45) is 0 Å². The van der Waals surface area contributed by atoms with Crippen molar-refractivity contribution in [3.63, 3.8) is 0 Å². The molecule has 45 heavy (non-hydrogen) atoms. The number of hydrogen-bond acceptors (Lipinski definition) is 7. The van der Waals surface area contributed by atoms with Crippen molar-refractivity contribution in [1.82, 2.24) is 19.4 Å². The zero-order valence-corrected chi connectivity index (χ0v) is 24.7. The van der Waals surface area contributed by atoms with Gasteiger partial charge in [-0.3, -0.25) is 15.0 Å². The van der Waals surface area contributed by atoms with Crippen molar-refractivity contribution in [3.05, 3.63) is 106 Å². The number of fused-ring (bicyclic) bond motifs is 1. The fourth-order valence-corrected chi connectivity index (χ4v) is 7.95. The third-order valence-corrected chi connectivity index (χ3v) is 10.3. The molecule has 0 spiro atoms. The molecule has 1 N–H and O–H groups in total. The van der Waals surface area contributed by atoms with Gasteiger partial charge in [-0.2, -0.15) is 4.31 Å². The Labute approximate surface area is 257 Å². The Bertz CT molecular complexity index is 1730. The highest BCUT2D eigenvalue weighted by atomic mass is 32.2. The van der Waals surface area contributed by atoms with Gasteiger partial charge in [-0.25, -0.2) is 26.8 Å². The van der Waals surface area contributed by atoms with Gasteiger partial charge in [0.05, 0.1) is 4.92 Å². The normalized spacial score (nSPS) is 19.3. The maximum absolute atomic E-state index is 14.4. The molecule has 15 heteroatoms. The van der Waals surface area contributed by atoms with Crippen molar-refractivity contribution in [1.29, 1.82) is 0 Å². The number of nitro benzene ring substituents is 1. The van der Waals surface area contributed by atoms with Crippen LogP contribution in [0.15, 0.2) is 77.7 Å². The molecule has 236 valence electrons. The lowest BCUT2D eigenvalue weighted by atomic mass is 9.79. The van der Waals surface area contributed by atoms with E-state index in [1.165, 1.54) is 68.7 Å². The van der Waals surface area contributed by atoms with Crippen LogP contribution in [0, 0.1) is 21.7 Å². The van der Waals surface area contributed by atoms with E-state index < -0.39 is 60.9 Å². The van der Waals surface area contributed by atoms with Gasteiger partial charge in [-0.15, -0.1) is 0 Å². The monoisotopic (exact) mass is 641 g/mol. The van der Waals surface area contributed by atoms with Gasteiger partial charge < -0.3 is 15.0 Å². The number of nitrogens with zero attached hydrogens (tertiary/aromatic N) is 4. The van der Waals surface area contributed by atoms with Crippen LogP contribution >= 0.6 is 0 Å². The third kappa shape index (κ3) is 5.57. The first-order valence-corrected chi connectivity index (χ1v) is 15.8. The molecular weight excluding hydrogens is 612 g/mol. The van der Waals surface area contributed by atoms with Crippen molar-refractivity contribution < 1.29 is 36.4 Å². The van der Waals surface area contributed by atoms with Gasteiger partial charge >= 0.3 is 12.1 Å². The van der Waals surface area contributed by atoms with Gasteiger partial charge in [0.1, 0.15) is 17.7 Å². The number of para-hydroxylation sites is 1. The molecule has 3 amide bonds. The summed E-state index contributed by atoms with van der Waals surface area (Å²) in [5.41, 5.74) is -1.60. The second kappa shape index (κ2) is 11.7. The van der Waals surface area contributed by atoms with Crippen LogP contribution in [0.4, 0.5) is 24.1 Å². The molecule has 1 unspecified atom stereocenters. The lowest BCUT2D eigenvalue weighted by Gasteiger charge is -2.42. The lowest BCUT2D eigenvalue weighted by Crippen LogP contribution is -2.60. The van der Waals surface area contributed by atoms with Crippen LogP contribution in [0.25, 0.3) is 0 Å². The number of hydrogen-bond donors (Lipinski definition) is 1. The lowest BCUT2D eigenvalue weighted by molar-refractivity contribution is -0.387. The number of cyclic esters (lactones) is 1. The molecule has 0 radical (unpaired) electrons. The SMILES string of the molecule is O=C(NCCN(C1CC1)S(=O)(=O)c1ccccc1[N+](=O)[O-])N1CCN2C(=O)OC(c3cccc(F)c3)(c3cccc(F)c3)C2C1. The van der Waals surface area contributed by atoms with E-state index in [-0.39, 0.29) is 49.9 Å². The van der Waals surface area contributed by atoms with Crippen molar-refractivity contribution in [2.45, 2.75) is 35.4 Å². The molecule has 2 aliphatic heterocycles. The van der Waals surface area contributed by atoms with E-state index in [1.54, 1.807) is 12.1 Å². The number of nitrogens with one attached hydrogen (secondary N) is 1. The van der Waals surface area contributed by atoms with Crippen LogP contribution in [-0.4, -0.2) is 84.4 Å². The summed E-state index contributed by atoms with van der Waals surface area (Å²) in [6.07, 6.45) is 0.496. The minimum Gasteiger partial charge on any atom is -0.431 e. The minimum atomic E-state index is -4.23. The van der Waals surface area contributed by atoms with E-state index in [1.807, 2.05) is 0 Å². The van der Waals surface area contributed by atoms with Gasteiger partial charge in [0.15, 0.2) is 10.5 Å². The predicted molar refractivity (Wildman–Crippen MR) is 156 cm³/mol. The highest BCUT2D eigenvalue weighted by Gasteiger charge is 2.58. The molecule has 2 saturated heterocycles. The summed E-state index contributed by atoms with van der Waals surface area (Å²) in [7, 11) is -4.23. The Kier molecular flexibility index (Phi) is 7.91. The molecule has 3 aliphatic rings. The average Bonchev–Trinajstić information content (AvgIpc) is 3.81. The summed E-state index contributed by atoms with van der Waals surface area (Å²) >= 11 is 0. The van der Waals surface area contributed by atoms with E-state index in [9.17, 15) is 36.9 Å². The molecule has 6 rings (SSSR count). The highest BCUT2D eigenvalue weighted by Crippen LogP contribution is 2.46. The number of piperazine rings is 1. The molecule has 0 bridgehead atoms. The maximum atomic E-state index is 14.4. The number of carbonyl (C=O) groups is 2. The summed E-state index contributed by atoms with van der Waals surface area (Å²) in [6.45, 7) is -0.0452. The smallest absolute Gasteiger partial charge is 0.411 e. The third-order valence-electron chi connectivity index (χ3n) is 8.34. The van der Waals surface area contributed by atoms with Crippen molar-refractivity contribution in [2.75, 3.05) is 32.7 Å². The van der Waals surface area contributed by atoms with Crippen LogP contribution in [0.2, 0.25) is 0 Å². The second-order valence-corrected chi connectivity index (χ2v) is 12.9. The molecule has 1 atom stereocenters. The fraction of sp³-hybridized carbons (Fsp3) is 0.333. The van der Waals surface area contributed by atoms with Crippen molar-refractivity contribution >= 4 is 27.8 Å². The average molecular weight is 642 g/mol.